The summed E-state index contributed by atoms with van der Waals surface area (Å²) < 4.78 is 27.6. The Morgan fingerprint density at radius 3 is 2.43 bits per heavy atom. The van der Waals surface area contributed by atoms with Gasteiger partial charge in [0, 0.05) is 17.6 Å². The molecule has 3 nitrogen and oxygen atoms in total. The van der Waals surface area contributed by atoms with Crippen molar-refractivity contribution in [2.45, 2.75) is 50.0 Å². The lowest BCUT2D eigenvalue weighted by Gasteiger charge is -2.33. The zero-order valence-electron chi connectivity index (χ0n) is 12.4. The van der Waals surface area contributed by atoms with Crippen molar-refractivity contribution in [3.8, 4) is 0 Å². The average Bonchev–Trinajstić information content (AvgIpc) is 2.49. The number of halogens is 2. The zero-order valence-corrected chi connectivity index (χ0v) is 15.5. The van der Waals surface area contributed by atoms with E-state index in [1.807, 2.05) is 0 Å². The fourth-order valence-corrected chi connectivity index (χ4v) is 5.01. The predicted molar refractivity (Wildman–Crippen MR) is 90.1 cm³/mol. The summed E-state index contributed by atoms with van der Waals surface area (Å²) in [5.74, 6) is 0.752. The first-order chi connectivity index (χ1) is 9.86. The van der Waals surface area contributed by atoms with Gasteiger partial charge in [-0.2, -0.15) is 4.31 Å². The molecule has 0 bridgehead atoms. The Morgan fingerprint density at radius 2 is 1.90 bits per heavy atom. The van der Waals surface area contributed by atoms with Crippen molar-refractivity contribution in [2.75, 3.05) is 7.05 Å². The van der Waals surface area contributed by atoms with Gasteiger partial charge in [0.05, 0.1) is 9.92 Å². The SMILES string of the molecule is CCC1CCC(N(C)S(=O)(=O)c2ccc(Cl)c(Br)c2)CC1. The van der Waals surface area contributed by atoms with E-state index in [1.54, 1.807) is 25.2 Å². The van der Waals surface area contributed by atoms with Crippen molar-refractivity contribution >= 4 is 37.6 Å². The summed E-state index contributed by atoms with van der Waals surface area (Å²) in [4.78, 5) is 0.291. The first kappa shape index (κ1) is 17.3. The highest BCUT2D eigenvalue weighted by Gasteiger charge is 2.31. The molecule has 1 aliphatic carbocycles. The highest BCUT2D eigenvalue weighted by Crippen LogP contribution is 2.32. The molecule has 118 valence electrons. The van der Waals surface area contributed by atoms with Gasteiger partial charge in [-0.25, -0.2) is 8.42 Å². The van der Waals surface area contributed by atoms with E-state index < -0.39 is 10.0 Å². The molecule has 21 heavy (non-hydrogen) atoms. The van der Waals surface area contributed by atoms with E-state index in [1.165, 1.54) is 10.7 Å². The minimum Gasteiger partial charge on any atom is -0.207 e. The second kappa shape index (κ2) is 6.99. The third-order valence-electron chi connectivity index (χ3n) is 4.48. The summed E-state index contributed by atoms with van der Waals surface area (Å²) >= 11 is 9.22. The van der Waals surface area contributed by atoms with E-state index in [9.17, 15) is 8.42 Å². The number of hydrogen-bond donors (Lipinski definition) is 0. The summed E-state index contributed by atoms with van der Waals surface area (Å²) in [6.07, 6.45) is 5.32. The van der Waals surface area contributed by atoms with Crippen molar-refractivity contribution < 1.29 is 8.42 Å². The van der Waals surface area contributed by atoms with Gasteiger partial charge in [0.1, 0.15) is 0 Å². The number of benzene rings is 1. The monoisotopic (exact) mass is 393 g/mol. The Labute approximate surface area is 140 Å². The lowest BCUT2D eigenvalue weighted by atomic mass is 9.85. The van der Waals surface area contributed by atoms with E-state index in [2.05, 4.69) is 22.9 Å². The molecular formula is C15H21BrClNO2S. The summed E-state index contributed by atoms with van der Waals surface area (Å²) in [5, 5.41) is 0.514. The van der Waals surface area contributed by atoms with E-state index in [0.29, 0.717) is 14.4 Å². The second-order valence-corrected chi connectivity index (χ2v) is 8.94. The lowest BCUT2D eigenvalue weighted by Crippen LogP contribution is -2.39. The second-order valence-electron chi connectivity index (χ2n) is 5.68. The molecule has 0 saturated heterocycles. The van der Waals surface area contributed by atoms with Crippen LogP contribution in [0.3, 0.4) is 0 Å². The van der Waals surface area contributed by atoms with Crippen LogP contribution < -0.4 is 0 Å². The first-order valence-electron chi connectivity index (χ1n) is 7.29. The van der Waals surface area contributed by atoms with Crippen molar-refractivity contribution in [2.24, 2.45) is 5.92 Å². The minimum absolute atomic E-state index is 0.104. The van der Waals surface area contributed by atoms with E-state index >= 15 is 0 Å². The maximum absolute atomic E-state index is 12.7. The minimum atomic E-state index is -3.46. The Bertz CT molecular complexity index is 598. The van der Waals surface area contributed by atoms with Crippen molar-refractivity contribution in [3.05, 3.63) is 27.7 Å². The molecule has 0 N–H and O–H groups in total. The molecule has 0 radical (unpaired) electrons. The van der Waals surface area contributed by atoms with Crippen molar-refractivity contribution in [1.29, 1.82) is 0 Å². The molecule has 1 fully saturated rings. The van der Waals surface area contributed by atoms with Crippen LogP contribution in [-0.2, 0) is 10.0 Å². The van der Waals surface area contributed by atoms with Crippen LogP contribution in [0.1, 0.15) is 39.0 Å². The Balaban J connectivity index is 2.17. The van der Waals surface area contributed by atoms with Gasteiger partial charge < -0.3 is 0 Å². The molecule has 1 aliphatic rings. The third-order valence-corrected chi connectivity index (χ3v) is 7.60. The fourth-order valence-electron chi connectivity index (χ4n) is 2.92. The summed E-state index contributed by atoms with van der Waals surface area (Å²) in [6.45, 7) is 2.21. The molecule has 0 heterocycles. The van der Waals surface area contributed by atoms with Crippen LogP contribution >= 0.6 is 27.5 Å². The Morgan fingerprint density at radius 1 is 1.29 bits per heavy atom. The van der Waals surface area contributed by atoms with Gasteiger partial charge in [-0.15, -0.1) is 0 Å². The summed E-state index contributed by atoms with van der Waals surface area (Å²) in [7, 11) is -1.77. The lowest BCUT2D eigenvalue weighted by molar-refractivity contribution is 0.233. The molecule has 0 aliphatic heterocycles. The van der Waals surface area contributed by atoms with E-state index in [0.717, 1.165) is 31.6 Å². The molecule has 0 spiro atoms. The highest BCUT2D eigenvalue weighted by molar-refractivity contribution is 9.10. The van der Waals surface area contributed by atoms with Crippen molar-refractivity contribution in [3.63, 3.8) is 0 Å². The van der Waals surface area contributed by atoms with Gasteiger partial charge in [-0.1, -0.05) is 24.9 Å². The van der Waals surface area contributed by atoms with Crippen LogP contribution in [0, 0.1) is 5.92 Å². The van der Waals surface area contributed by atoms with Gasteiger partial charge in [0.2, 0.25) is 10.0 Å². The fraction of sp³-hybridized carbons (Fsp3) is 0.600. The number of nitrogens with zero attached hydrogens (tertiary/aromatic N) is 1. The standard InChI is InChI=1S/C15H21BrClNO2S/c1-3-11-4-6-12(7-5-11)18(2)21(19,20)13-8-9-15(17)14(16)10-13/h8-12H,3-7H2,1-2H3. The largest absolute Gasteiger partial charge is 0.243 e. The number of hydrogen-bond acceptors (Lipinski definition) is 2. The van der Waals surface area contributed by atoms with Crippen LogP contribution in [0.15, 0.2) is 27.6 Å². The Hall–Kier alpha value is -0.100. The Kier molecular flexibility index (Phi) is 5.74. The molecule has 1 saturated carbocycles. The van der Waals surface area contributed by atoms with Crippen LogP contribution in [0.4, 0.5) is 0 Å². The molecule has 1 aromatic rings. The maximum Gasteiger partial charge on any atom is 0.243 e. The summed E-state index contributed by atoms with van der Waals surface area (Å²) in [6, 6.07) is 4.86. The topological polar surface area (TPSA) is 37.4 Å². The number of rotatable bonds is 4. The molecule has 0 unspecified atom stereocenters. The van der Waals surface area contributed by atoms with E-state index in [-0.39, 0.29) is 6.04 Å². The molecule has 6 heteroatoms. The van der Waals surface area contributed by atoms with E-state index in [4.69, 9.17) is 11.6 Å². The molecule has 1 aromatic carbocycles. The average molecular weight is 395 g/mol. The maximum atomic E-state index is 12.7. The molecule has 2 rings (SSSR count). The van der Waals surface area contributed by atoms with Crippen LogP contribution in [-0.4, -0.2) is 25.8 Å². The molecule has 0 aromatic heterocycles. The van der Waals surface area contributed by atoms with Gasteiger partial charge in [-0.05, 0) is 65.7 Å². The highest BCUT2D eigenvalue weighted by atomic mass is 79.9. The molecule has 0 atom stereocenters. The van der Waals surface area contributed by atoms with Gasteiger partial charge in [0.15, 0.2) is 0 Å². The normalized spacial score (nSPS) is 23.5. The first-order valence-corrected chi connectivity index (χ1v) is 9.90. The molecular weight excluding hydrogens is 374 g/mol. The van der Waals surface area contributed by atoms with Gasteiger partial charge in [0.25, 0.3) is 0 Å². The van der Waals surface area contributed by atoms with Gasteiger partial charge >= 0.3 is 0 Å². The quantitative estimate of drug-likeness (QED) is 0.743. The van der Waals surface area contributed by atoms with Crippen LogP contribution in [0.5, 0.6) is 0 Å². The third kappa shape index (κ3) is 3.81. The van der Waals surface area contributed by atoms with Crippen molar-refractivity contribution in [1.82, 2.24) is 4.31 Å². The predicted octanol–water partition coefficient (Wildman–Crippen LogP) is 4.69. The number of sulfonamides is 1. The van der Waals surface area contributed by atoms with Gasteiger partial charge in [-0.3, -0.25) is 0 Å². The van der Waals surface area contributed by atoms with Crippen LogP contribution in [0.25, 0.3) is 0 Å². The molecule has 0 amide bonds. The zero-order chi connectivity index (χ0) is 15.6. The summed E-state index contributed by atoms with van der Waals surface area (Å²) in [5.41, 5.74) is 0. The van der Waals surface area contributed by atoms with Crippen LogP contribution in [0.2, 0.25) is 5.02 Å². The smallest absolute Gasteiger partial charge is 0.207 e.